The Kier molecular flexibility index (Phi) is 4.82. The minimum absolute atomic E-state index is 0.669. The van der Waals surface area contributed by atoms with Crippen molar-refractivity contribution in [1.29, 1.82) is 0 Å². The first-order valence-electron chi connectivity index (χ1n) is 6.99. The van der Waals surface area contributed by atoms with Gasteiger partial charge >= 0.3 is 0 Å². The van der Waals surface area contributed by atoms with Gasteiger partial charge in [-0.2, -0.15) is 0 Å². The van der Waals surface area contributed by atoms with Gasteiger partial charge in [-0.1, -0.05) is 20.8 Å². The molecule has 5 heteroatoms. The van der Waals surface area contributed by atoms with E-state index in [-0.39, 0.29) is 0 Å². The molecule has 2 rings (SSSR count). The average molecular weight is 280 g/mol. The SMILES string of the molecule is CCCN(C)c1nc2sccn2c1CNCC(C)C. The van der Waals surface area contributed by atoms with E-state index < -0.39 is 0 Å². The molecule has 2 aromatic heterocycles. The van der Waals surface area contributed by atoms with Crippen molar-refractivity contribution in [2.24, 2.45) is 5.92 Å². The lowest BCUT2D eigenvalue weighted by molar-refractivity contribution is 0.547. The monoisotopic (exact) mass is 280 g/mol. The van der Waals surface area contributed by atoms with Crippen molar-refractivity contribution in [2.45, 2.75) is 33.7 Å². The molecule has 0 radical (unpaired) electrons. The van der Waals surface area contributed by atoms with Crippen molar-refractivity contribution >= 4 is 22.1 Å². The van der Waals surface area contributed by atoms with Crippen molar-refractivity contribution < 1.29 is 0 Å². The van der Waals surface area contributed by atoms with Crippen LogP contribution in [0.15, 0.2) is 11.6 Å². The maximum absolute atomic E-state index is 4.76. The zero-order valence-electron chi connectivity index (χ0n) is 12.3. The van der Waals surface area contributed by atoms with Crippen molar-refractivity contribution in [1.82, 2.24) is 14.7 Å². The average Bonchev–Trinajstić information content (AvgIpc) is 2.91. The van der Waals surface area contributed by atoms with Gasteiger partial charge in [-0.05, 0) is 18.9 Å². The highest BCUT2D eigenvalue weighted by Crippen LogP contribution is 2.24. The van der Waals surface area contributed by atoms with Crippen LogP contribution in [-0.4, -0.2) is 29.5 Å². The van der Waals surface area contributed by atoms with Crippen LogP contribution in [0.3, 0.4) is 0 Å². The minimum atomic E-state index is 0.669. The highest BCUT2D eigenvalue weighted by Gasteiger charge is 2.15. The Bertz CT molecular complexity index is 514. The summed E-state index contributed by atoms with van der Waals surface area (Å²) in [4.78, 5) is 8.10. The zero-order chi connectivity index (χ0) is 13.8. The summed E-state index contributed by atoms with van der Waals surface area (Å²) in [5, 5.41) is 5.62. The Morgan fingerprint density at radius 1 is 1.47 bits per heavy atom. The molecule has 0 aliphatic carbocycles. The van der Waals surface area contributed by atoms with Gasteiger partial charge in [0.1, 0.15) is 0 Å². The predicted octanol–water partition coefficient (Wildman–Crippen LogP) is 2.99. The van der Waals surface area contributed by atoms with E-state index in [1.807, 2.05) is 0 Å². The quantitative estimate of drug-likeness (QED) is 0.846. The maximum Gasteiger partial charge on any atom is 0.195 e. The molecule has 4 nitrogen and oxygen atoms in total. The summed E-state index contributed by atoms with van der Waals surface area (Å²) in [6.45, 7) is 9.61. The molecule has 0 unspecified atom stereocenters. The molecule has 1 N–H and O–H groups in total. The van der Waals surface area contributed by atoms with Crippen LogP contribution in [0.1, 0.15) is 32.9 Å². The summed E-state index contributed by atoms with van der Waals surface area (Å²) in [5.41, 5.74) is 1.27. The molecular weight excluding hydrogens is 256 g/mol. The van der Waals surface area contributed by atoms with Crippen LogP contribution in [0.2, 0.25) is 0 Å². The second-order valence-corrected chi connectivity index (χ2v) is 6.26. The molecule has 0 aromatic carbocycles. The van der Waals surface area contributed by atoms with Crippen LogP contribution in [0.5, 0.6) is 0 Å². The lowest BCUT2D eigenvalue weighted by Crippen LogP contribution is -2.24. The minimum Gasteiger partial charge on any atom is -0.358 e. The zero-order valence-corrected chi connectivity index (χ0v) is 13.1. The lowest BCUT2D eigenvalue weighted by Gasteiger charge is -2.18. The Morgan fingerprint density at radius 2 is 2.26 bits per heavy atom. The second kappa shape index (κ2) is 6.39. The number of fused-ring (bicyclic) bond motifs is 1. The summed E-state index contributed by atoms with van der Waals surface area (Å²) in [5.74, 6) is 1.78. The van der Waals surface area contributed by atoms with Crippen molar-refractivity contribution in [3.05, 3.63) is 17.3 Å². The van der Waals surface area contributed by atoms with Gasteiger partial charge in [0.15, 0.2) is 10.8 Å². The molecule has 0 saturated carbocycles. The van der Waals surface area contributed by atoms with Crippen LogP contribution in [0, 0.1) is 5.92 Å². The Labute approximate surface area is 119 Å². The standard InChI is InChI=1S/C14H24N4S/c1-5-6-17(4)13-12(10-15-9-11(2)3)18-7-8-19-14(18)16-13/h7-8,11,15H,5-6,9-10H2,1-4H3. The fourth-order valence-electron chi connectivity index (χ4n) is 2.21. The molecule has 0 saturated heterocycles. The number of aromatic nitrogens is 2. The first-order chi connectivity index (χ1) is 9.13. The van der Waals surface area contributed by atoms with Crippen LogP contribution >= 0.6 is 11.3 Å². The fraction of sp³-hybridized carbons (Fsp3) is 0.643. The van der Waals surface area contributed by atoms with E-state index in [4.69, 9.17) is 4.98 Å². The van der Waals surface area contributed by atoms with Crippen molar-refractivity contribution in [3.8, 4) is 0 Å². The molecule has 2 heterocycles. The summed E-state index contributed by atoms with van der Waals surface area (Å²) in [7, 11) is 2.13. The Morgan fingerprint density at radius 3 is 2.95 bits per heavy atom. The van der Waals surface area contributed by atoms with Gasteiger partial charge in [-0.3, -0.25) is 4.40 Å². The summed E-state index contributed by atoms with van der Waals surface area (Å²) < 4.78 is 2.21. The Balaban J connectivity index is 2.21. The van der Waals surface area contributed by atoms with E-state index in [9.17, 15) is 0 Å². The highest BCUT2D eigenvalue weighted by molar-refractivity contribution is 7.15. The molecule has 0 amide bonds. The van der Waals surface area contributed by atoms with E-state index in [0.717, 1.165) is 36.8 Å². The van der Waals surface area contributed by atoms with Gasteiger partial charge in [0.05, 0.1) is 5.69 Å². The normalized spacial score (nSPS) is 11.6. The molecular formula is C14H24N4S. The fourth-order valence-corrected chi connectivity index (χ4v) is 2.94. The van der Waals surface area contributed by atoms with Crippen molar-refractivity contribution in [3.63, 3.8) is 0 Å². The highest BCUT2D eigenvalue weighted by atomic mass is 32.1. The number of imidazole rings is 1. The molecule has 0 atom stereocenters. The van der Waals surface area contributed by atoms with Crippen LogP contribution in [0.25, 0.3) is 4.96 Å². The third-order valence-electron chi connectivity index (χ3n) is 3.11. The van der Waals surface area contributed by atoms with Gasteiger partial charge in [-0.25, -0.2) is 4.98 Å². The predicted molar refractivity (Wildman–Crippen MR) is 83.2 cm³/mol. The number of thiazole rings is 1. The molecule has 0 aliphatic rings. The van der Waals surface area contributed by atoms with Crippen LogP contribution < -0.4 is 10.2 Å². The largest absolute Gasteiger partial charge is 0.358 e. The summed E-state index contributed by atoms with van der Waals surface area (Å²) >= 11 is 1.69. The van der Waals surface area contributed by atoms with Crippen LogP contribution in [0.4, 0.5) is 5.82 Å². The van der Waals surface area contributed by atoms with Crippen molar-refractivity contribution in [2.75, 3.05) is 25.0 Å². The van der Waals surface area contributed by atoms with Crippen LogP contribution in [-0.2, 0) is 6.54 Å². The molecule has 0 spiro atoms. The van der Waals surface area contributed by atoms with E-state index in [1.165, 1.54) is 5.69 Å². The topological polar surface area (TPSA) is 32.6 Å². The van der Waals surface area contributed by atoms with E-state index in [1.54, 1.807) is 11.3 Å². The number of nitrogens with one attached hydrogen (secondary N) is 1. The lowest BCUT2D eigenvalue weighted by atomic mass is 10.2. The molecule has 19 heavy (non-hydrogen) atoms. The second-order valence-electron chi connectivity index (χ2n) is 5.38. The summed E-state index contributed by atoms with van der Waals surface area (Å²) in [6, 6.07) is 0. The first-order valence-corrected chi connectivity index (χ1v) is 7.87. The number of hydrogen-bond acceptors (Lipinski definition) is 4. The maximum atomic E-state index is 4.76. The number of rotatable bonds is 7. The smallest absolute Gasteiger partial charge is 0.195 e. The van der Waals surface area contributed by atoms with Gasteiger partial charge in [0, 0.05) is 31.7 Å². The summed E-state index contributed by atoms with van der Waals surface area (Å²) in [6.07, 6.45) is 3.25. The molecule has 0 fully saturated rings. The molecule has 0 aliphatic heterocycles. The van der Waals surface area contributed by atoms with Gasteiger partial charge in [0.25, 0.3) is 0 Å². The van der Waals surface area contributed by atoms with E-state index in [0.29, 0.717) is 5.92 Å². The first kappa shape index (κ1) is 14.3. The van der Waals surface area contributed by atoms with E-state index in [2.05, 4.69) is 54.0 Å². The van der Waals surface area contributed by atoms with Gasteiger partial charge < -0.3 is 10.2 Å². The third-order valence-corrected chi connectivity index (χ3v) is 3.86. The van der Waals surface area contributed by atoms with E-state index >= 15 is 0 Å². The number of anilines is 1. The Hall–Kier alpha value is -1.07. The number of hydrogen-bond donors (Lipinski definition) is 1. The number of nitrogens with zero attached hydrogens (tertiary/aromatic N) is 3. The molecule has 106 valence electrons. The van der Waals surface area contributed by atoms with Gasteiger partial charge in [0.2, 0.25) is 0 Å². The molecule has 0 bridgehead atoms. The molecule has 2 aromatic rings. The third kappa shape index (κ3) is 3.28. The van der Waals surface area contributed by atoms with Gasteiger partial charge in [-0.15, -0.1) is 11.3 Å².